The summed E-state index contributed by atoms with van der Waals surface area (Å²) in [5.74, 6) is 1.10. The molecular formula is C13H14O2S. The molecule has 3 heteroatoms. The average Bonchev–Trinajstić information content (AvgIpc) is 2.28. The van der Waals surface area contributed by atoms with Crippen molar-refractivity contribution >= 4 is 17.8 Å². The molecule has 1 aromatic rings. The smallest absolute Gasteiger partial charge is 0.127 e. The minimum absolute atomic E-state index is 0.269. The van der Waals surface area contributed by atoms with Gasteiger partial charge in [-0.2, -0.15) is 0 Å². The molecule has 2 rings (SSSR count). The number of aromatic hydroxyl groups is 1. The summed E-state index contributed by atoms with van der Waals surface area (Å²) in [7, 11) is 0. The Bertz CT molecular complexity index is 461. The topological polar surface area (TPSA) is 29.5 Å². The molecule has 0 bridgehead atoms. The van der Waals surface area contributed by atoms with Gasteiger partial charge in [0.25, 0.3) is 0 Å². The summed E-state index contributed by atoms with van der Waals surface area (Å²) in [6.07, 6.45) is 6.21. The number of rotatable bonds is 2. The molecule has 0 amide bonds. The molecule has 1 aromatic carbocycles. The second-order valence-corrected chi connectivity index (χ2v) is 4.74. The standard InChI is InChI=1S/C13H14O2S/c1-9(16-2)5-10-6-11-7-12(14)3-4-13(11)15-8-10/h3-7,14H,8H2,1-2H3/b9-5-. The van der Waals surface area contributed by atoms with Crippen LogP contribution in [0.2, 0.25) is 0 Å². The molecule has 0 saturated carbocycles. The van der Waals surface area contributed by atoms with Crippen LogP contribution in [0.4, 0.5) is 0 Å². The second-order valence-electron chi connectivity index (χ2n) is 3.69. The summed E-state index contributed by atoms with van der Waals surface area (Å²) in [4.78, 5) is 1.25. The zero-order chi connectivity index (χ0) is 11.5. The van der Waals surface area contributed by atoms with Crippen LogP contribution in [0.3, 0.4) is 0 Å². The Morgan fingerprint density at radius 3 is 3.06 bits per heavy atom. The third-order valence-electron chi connectivity index (χ3n) is 2.44. The highest BCUT2D eigenvalue weighted by Crippen LogP contribution is 2.30. The first kappa shape index (κ1) is 11.1. The molecule has 0 fully saturated rings. The van der Waals surface area contributed by atoms with Gasteiger partial charge >= 0.3 is 0 Å². The van der Waals surface area contributed by atoms with Crippen LogP contribution in [0.15, 0.2) is 34.8 Å². The highest BCUT2D eigenvalue weighted by molar-refractivity contribution is 8.02. The normalized spacial score (nSPS) is 15.1. The van der Waals surface area contributed by atoms with Crippen molar-refractivity contribution in [1.29, 1.82) is 0 Å². The van der Waals surface area contributed by atoms with Crippen LogP contribution in [0.1, 0.15) is 12.5 Å². The van der Waals surface area contributed by atoms with Gasteiger partial charge in [0.15, 0.2) is 0 Å². The number of fused-ring (bicyclic) bond motifs is 1. The molecule has 1 N–H and O–H groups in total. The molecule has 0 radical (unpaired) electrons. The molecule has 0 unspecified atom stereocenters. The summed E-state index contributed by atoms with van der Waals surface area (Å²) < 4.78 is 5.60. The lowest BCUT2D eigenvalue weighted by atomic mass is 10.1. The number of ether oxygens (including phenoxy) is 1. The van der Waals surface area contributed by atoms with Crippen molar-refractivity contribution < 1.29 is 9.84 Å². The first-order valence-electron chi connectivity index (χ1n) is 5.08. The van der Waals surface area contributed by atoms with Gasteiger partial charge in [-0.05, 0) is 54.0 Å². The fourth-order valence-electron chi connectivity index (χ4n) is 1.59. The summed E-state index contributed by atoms with van der Waals surface area (Å²) in [5, 5.41) is 9.40. The van der Waals surface area contributed by atoms with Crippen molar-refractivity contribution in [2.45, 2.75) is 6.92 Å². The lowest BCUT2D eigenvalue weighted by Crippen LogP contribution is -2.05. The molecule has 84 valence electrons. The van der Waals surface area contributed by atoms with Gasteiger partial charge in [0.2, 0.25) is 0 Å². The van der Waals surface area contributed by atoms with E-state index in [1.807, 2.05) is 0 Å². The Kier molecular flexibility index (Phi) is 3.25. The fourth-order valence-corrected chi connectivity index (χ4v) is 1.86. The van der Waals surface area contributed by atoms with E-state index in [2.05, 4.69) is 25.3 Å². The quantitative estimate of drug-likeness (QED) is 0.850. The largest absolute Gasteiger partial charge is 0.508 e. The molecule has 0 atom stereocenters. The van der Waals surface area contributed by atoms with Crippen LogP contribution < -0.4 is 4.74 Å². The summed E-state index contributed by atoms with van der Waals surface area (Å²) in [6, 6.07) is 5.15. The van der Waals surface area contributed by atoms with Gasteiger partial charge in [0, 0.05) is 5.56 Å². The van der Waals surface area contributed by atoms with Gasteiger partial charge in [-0.25, -0.2) is 0 Å². The average molecular weight is 234 g/mol. The van der Waals surface area contributed by atoms with Crippen molar-refractivity contribution in [2.75, 3.05) is 12.9 Å². The Morgan fingerprint density at radius 2 is 2.31 bits per heavy atom. The predicted octanol–water partition coefficient (Wildman–Crippen LogP) is 3.43. The van der Waals surface area contributed by atoms with E-state index in [0.29, 0.717) is 6.61 Å². The molecule has 2 nitrogen and oxygen atoms in total. The number of hydrogen-bond acceptors (Lipinski definition) is 3. The number of thioether (sulfide) groups is 1. The van der Waals surface area contributed by atoms with E-state index >= 15 is 0 Å². The third-order valence-corrected chi connectivity index (χ3v) is 3.20. The molecule has 0 saturated heterocycles. The number of allylic oxidation sites excluding steroid dienone is 1. The number of phenolic OH excluding ortho intramolecular Hbond substituents is 1. The van der Waals surface area contributed by atoms with Crippen molar-refractivity contribution in [1.82, 2.24) is 0 Å². The van der Waals surface area contributed by atoms with Crippen LogP contribution in [0.25, 0.3) is 6.08 Å². The Morgan fingerprint density at radius 1 is 1.50 bits per heavy atom. The van der Waals surface area contributed by atoms with Gasteiger partial charge in [-0.1, -0.05) is 0 Å². The fraction of sp³-hybridized carbons (Fsp3) is 0.231. The molecular weight excluding hydrogens is 220 g/mol. The van der Waals surface area contributed by atoms with E-state index in [-0.39, 0.29) is 5.75 Å². The lowest BCUT2D eigenvalue weighted by molar-refractivity contribution is 0.350. The minimum atomic E-state index is 0.269. The molecule has 0 spiro atoms. The zero-order valence-corrected chi connectivity index (χ0v) is 10.2. The first-order valence-corrected chi connectivity index (χ1v) is 6.30. The van der Waals surface area contributed by atoms with Gasteiger partial charge in [0.1, 0.15) is 18.1 Å². The maximum absolute atomic E-state index is 9.40. The van der Waals surface area contributed by atoms with Crippen LogP contribution in [0.5, 0.6) is 11.5 Å². The van der Waals surface area contributed by atoms with Crippen LogP contribution in [-0.4, -0.2) is 18.0 Å². The Labute approximate surface area is 99.6 Å². The van der Waals surface area contributed by atoms with E-state index in [1.165, 1.54) is 4.91 Å². The van der Waals surface area contributed by atoms with Gasteiger partial charge in [-0.3, -0.25) is 0 Å². The maximum Gasteiger partial charge on any atom is 0.127 e. The van der Waals surface area contributed by atoms with Crippen molar-refractivity contribution in [3.8, 4) is 11.5 Å². The summed E-state index contributed by atoms with van der Waals surface area (Å²) >= 11 is 1.72. The number of phenols is 1. The predicted molar refractivity (Wildman–Crippen MR) is 68.9 cm³/mol. The van der Waals surface area contributed by atoms with E-state index in [9.17, 15) is 5.11 Å². The molecule has 0 aromatic heterocycles. The van der Waals surface area contributed by atoms with Crippen molar-refractivity contribution in [3.63, 3.8) is 0 Å². The van der Waals surface area contributed by atoms with E-state index in [1.54, 1.807) is 30.0 Å². The maximum atomic E-state index is 9.40. The van der Waals surface area contributed by atoms with Gasteiger partial charge < -0.3 is 9.84 Å². The highest BCUT2D eigenvalue weighted by Gasteiger charge is 2.10. The van der Waals surface area contributed by atoms with Gasteiger partial charge in [-0.15, -0.1) is 11.8 Å². The molecule has 1 heterocycles. The van der Waals surface area contributed by atoms with Crippen LogP contribution >= 0.6 is 11.8 Å². The van der Waals surface area contributed by atoms with Crippen molar-refractivity contribution in [3.05, 3.63) is 40.3 Å². The molecule has 1 aliphatic heterocycles. The molecule has 0 aliphatic carbocycles. The first-order chi connectivity index (χ1) is 7.69. The highest BCUT2D eigenvalue weighted by atomic mass is 32.2. The zero-order valence-electron chi connectivity index (χ0n) is 9.36. The van der Waals surface area contributed by atoms with E-state index in [0.717, 1.165) is 16.9 Å². The third kappa shape index (κ3) is 2.42. The SMILES string of the molecule is CS/C(C)=C\C1=Cc2cc(O)ccc2OC1. The molecule has 1 aliphatic rings. The molecule has 16 heavy (non-hydrogen) atoms. The van der Waals surface area contributed by atoms with Gasteiger partial charge in [0.05, 0.1) is 0 Å². The Balaban J connectivity index is 2.34. The van der Waals surface area contributed by atoms with E-state index < -0.39 is 0 Å². The monoisotopic (exact) mass is 234 g/mol. The summed E-state index contributed by atoms with van der Waals surface area (Å²) in [6.45, 7) is 2.67. The minimum Gasteiger partial charge on any atom is -0.508 e. The lowest BCUT2D eigenvalue weighted by Gasteiger charge is -2.16. The van der Waals surface area contributed by atoms with E-state index in [4.69, 9.17) is 4.74 Å². The van der Waals surface area contributed by atoms with Crippen LogP contribution in [-0.2, 0) is 0 Å². The van der Waals surface area contributed by atoms with Crippen LogP contribution in [0, 0.1) is 0 Å². The second kappa shape index (κ2) is 4.66. The summed E-state index contributed by atoms with van der Waals surface area (Å²) in [5.41, 5.74) is 2.07. The number of benzene rings is 1. The Hall–Kier alpha value is -1.35. The number of hydrogen-bond donors (Lipinski definition) is 1. The van der Waals surface area contributed by atoms with Crippen molar-refractivity contribution in [2.24, 2.45) is 0 Å².